The van der Waals surface area contributed by atoms with Gasteiger partial charge in [0.25, 0.3) is 0 Å². The van der Waals surface area contributed by atoms with Gasteiger partial charge in [-0.05, 0) is 43.2 Å². The molecular weight excluding hydrogens is 284 g/mol. The molecule has 0 spiro atoms. The van der Waals surface area contributed by atoms with E-state index in [1.165, 1.54) is 5.56 Å². The molecule has 2 N–H and O–H groups in total. The molecule has 0 saturated carbocycles. The maximum atomic E-state index is 6.28. The third-order valence-corrected chi connectivity index (χ3v) is 4.02. The highest BCUT2D eigenvalue weighted by atomic mass is 35.5. The van der Waals surface area contributed by atoms with E-state index >= 15 is 0 Å². The van der Waals surface area contributed by atoms with Crippen molar-refractivity contribution in [2.45, 2.75) is 19.4 Å². The van der Waals surface area contributed by atoms with Crippen molar-refractivity contribution in [3.8, 4) is 5.75 Å². The molecule has 0 bridgehead atoms. The molecule has 2 aromatic carbocycles. The van der Waals surface area contributed by atoms with E-state index in [4.69, 9.17) is 22.1 Å². The van der Waals surface area contributed by atoms with Crippen molar-refractivity contribution in [1.82, 2.24) is 0 Å². The Labute approximate surface area is 131 Å². The molecule has 0 heterocycles. The summed E-state index contributed by atoms with van der Waals surface area (Å²) >= 11 is 6.28. The SMILES string of the molecule is COc1ccccc1CC(C)N(C)c1ccc(N)cc1Cl. The number of rotatable bonds is 5. The molecule has 0 aliphatic heterocycles. The molecule has 0 fully saturated rings. The summed E-state index contributed by atoms with van der Waals surface area (Å²) in [5.74, 6) is 0.918. The van der Waals surface area contributed by atoms with Crippen LogP contribution in [0, 0.1) is 0 Å². The fourth-order valence-corrected chi connectivity index (χ4v) is 2.70. The molecule has 3 nitrogen and oxygen atoms in total. The van der Waals surface area contributed by atoms with Crippen molar-refractivity contribution in [3.05, 3.63) is 53.1 Å². The number of nitrogen functional groups attached to an aromatic ring is 1. The van der Waals surface area contributed by atoms with Crippen LogP contribution in [0.1, 0.15) is 12.5 Å². The number of likely N-dealkylation sites (N-methyl/N-ethyl adjacent to an activating group) is 1. The molecule has 0 saturated heterocycles. The van der Waals surface area contributed by atoms with Crippen LogP contribution in [0.5, 0.6) is 5.75 Å². The number of methoxy groups -OCH3 is 1. The first-order valence-electron chi connectivity index (χ1n) is 6.92. The number of halogens is 1. The van der Waals surface area contributed by atoms with Crippen molar-refractivity contribution >= 4 is 23.0 Å². The molecule has 4 heteroatoms. The van der Waals surface area contributed by atoms with Crippen LogP contribution in [-0.2, 0) is 6.42 Å². The molecule has 0 aliphatic rings. The monoisotopic (exact) mass is 304 g/mol. The smallest absolute Gasteiger partial charge is 0.122 e. The summed E-state index contributed by atoms with van der Waals surface area (Å²) in [5, 5.41) is 0.671. The molecule has 2 aromatic rings. The van der Waals surface area contributed by atoms with E-state index in [2.05, 4.69) is 17.9 Å². The van der Waals surface area contributed by atoms with Crippen LogP contribution in [0.25, 0.3) is 0 Å². The van der Waals surface area contributed by atoms with E-state index in [-0.39, 0.29) is 6.04 Å². The largest absolute Gasteiger partial charge is 0.496 e. The first kappa shape index (κ1) is 15.5. The normalized spacial score (nSPS) is 12.0. The molecule has 0 amide bonds. The zero-order valence-electron chi connectivity index (χ0n) is 12.6. The lowest BCUT2D eigenvalue weighted by molar-refractivity contribution is 0.408. The Morgan fingerprint density at radius 3 is 2.62 bits per heavy atom. The van der Waals surface area contributed by atoms with Crippen molar-refractivity contribution < 1.29 is 4.74 Å². The predicted octanol–water partition coefficient (Wildman–Crippen LogP) is 4.00. The quantitative estimate of drug-likeness (QED) is 0.849. The minimum absolute atomic E-state index is 0.280. The minimum Gasteiger partial charge on any atom is -0.496 e. The number of ether oxygens (including phenoxy) is 1. The third kappa shape index (κ3) is 3.61. The number of para-hydroxylation sites is 1. The summed E-state index contributed by atoms with van der Waals surface area (Å²) < 4.78 is 5.41. The number of hydrogen-bond donors (Lipinski definition) is 1. The molecule has 0 aromatic heterocycles. The fourth-order valence-electron chi connectivity index (χ4n) is 2.37. The molecule has 2 rings (SSSR count). The maximum absolute atomic E-state index is 6.28. The van der Waals surface area contributed by atoms with E-state index in [0.29, 0.717) is 10.7 Å². The lowest BCUT2D eigenvalue weighted by Gasteiger charge is -2.28. The number of anilines is 2. The molecule has 1 unspecified atom stereocenters. The number of nitrogens with two attached hydrogens (primary N) is 1. The summed E-state index contributed by atoms with van der Waals surface area (Å²) in [4.78, 5) is 2.16. The summed E-state index contributed by atoms with van der Waals surface area (Å²) in [7, 11) is 3.74. The average Bonchev–Trinajstić information content (AvgIpc) is 2.47. The van der Waals surface area contributed by atoms with Gasteiger partial charge in [0.2, 0.25) is 0 Å². The summed E-state index contributed by atoms with van der Waals surface area (Å²) in [6, 6.07) is 14.0. The Bertz CT molecular complexity index is 615. The van der Waals surface area contributed by atoms with Gasteiger partial charge >= 0.3 is 0 Å². The average molecular weight is 305 g/mol. The Morgan fingerprint density at radius 1 is 1.24 bits per heavy atom. The van der Waals surface area contributed by atoms with Gasteiger partial charge in [-0.2, -0.15) is 0 Å². The van der Waals surface area contributed by atoms with Gasteiger partial charge in [-0.3, -0.25) is 0 Å². The topological polar surface area (TPSA) is 38.5 Å². The van der Waals surface area contributed by atoms with E-state index in [9.17, 15) is 0 Å². The van der Waals surface area contributed by atoms with Gasteiger partial charge in [-0.25, -0.2) is 0 Å². The van der Waals surface area contributed by atoms with Crippen LogP contribution >= 0.6 is 11.6 Å². The summed E-state index contributed by atoms with van der Waals surface area (Å²) in [6.07, 6.45) is 0.876. The molecular formula is C17H21ClN2O. The van der Waals surface area contributed by atoms with Gasteiger partial charge in [0.05, 0.1) is 17.8 Å². The number of benzene rings is 2. The second-order valence-corrected chi connectivity index (χ2v) is 5.59. The minimum atomic E-state index is 0.280. The van der Waals surface area contributed by atoms with Crippen LogP contribution in [0.4, 0.5) is 11.4 Å². The fraction of sp³-hybridized carbons (Fsp3) is 0.294. The van der Waals surface area contributed by atoms with Crippen LogP contribution in [0.15, 0.2) is 42.5 Å². The van der Waals surface area contributed by atoms with Gasteiger partial charge in [0.15, 0.2) is 0 Å². The molecule has 112 valence electrons. The summed E-state index contributed by atoms with van der Waals surface area (Å²) in [6.45, 7) is 2.17. The number of hydrogen-bond acceptors (Lipinski definition) is 3. The van der Waals surface area contributed by atoms with E-state index in [1.54, 1.807) is 13.2 Å². The zero-order valence-corrected chi connectivity index (χ0v) is 13.4. The molecule has 0 radical (unpaired) electrons. The van der Waals surface area contributed by atoms with Crippen molar-refractivity contribution in [1.29, 1.82) is 0 Å². The zero-order chi connectivity index (χ0) is 15.4. The van der Waals surface area contributed by atoms with Gasteiger partial charge < -0.3 is 15.4 Å². The van der Waals surface area contributed by atoms with Crippen molar-refractivity contribution in [2.75, 3.05) is 24.8 Å². The standard InChI is InChI=1S/C17H21ClN2O/c1-12(10-13-6-4-5-7-17(13)21-3)20(2)16-9-8-14(19)11-15(16)18/h4-9,11-12H,10,19H2,1-3H3. The maximum Gasteiger partial charge on any atom is 0.122 e. The molecule has 1 atom stereocenters. The van der Waals surface area contributed by atoms with Gasteiger partial charge in [-0.1, -0.05) is 29.8 Å². The predicted molar refractivity (Wildman–Crippen MR) is 90.4 cm³/mol. The first-order chi connectivity index (χ1) is 10.0. The Balaban J connectivity index is 2.17. The Kier molecular flexibility index (Phi) is 4.97. The van der Waals surface area contributed by atoms with Crippen molar-refractivity contribution in [2.24, 2.45) is 0 Å². The molecule has 21 heavy (non-hydrogen) atoms. The van der Waals surface area contributed by atoms with Crippen LogP contribution in [0.2, 0.25) is 5.02 Å². The van der Waals surface area contributed by atoms with Crippen LogP contribution < -0.4 is 15.4 Å². The third-order valence-electron chi connectivity index (χ3n) is 3.72. The van der Waals surface area contributed by atoms with Crippen LogP contribution in [-0.4, -0.2) is 20.2 Å². The highest BCUT2D eigenvalue weighted by Gasteiger charge is 2.15. The van der Waals surface area contributed by atoms with Crippen molar-refractivity contribution in [3.63, 3.8) is 0 Å². The number of nitrogens with zero attached hydrogens (tertiary/aromatic N) is 1. The lowest BCUT2D eigenvalue weighted by atomic mass is 10.0. The molecule has 0 aliphatic carbocycles. The van der Waals surface area contributed by atoms with Gasteiger partial charge in [0, 0.05) is 18.8 Å². The summed E-state index contributed by atoms with van der Waals surface area (Å²) in [5.41, 5.74) is 8.59. The Morgan fingerprint density at radius 2 is 1.95 bits per heavy atom. The van der Waals surface area contributed by atoms with Gasteiger partial charge in [0.1, 0.15) is 5.75 Å². The van der Waals surface area contributed by atoms with E-state index < -0.39 is 0 Å². The second-order valence-electron chi connectivity index (χ2n) is 5.19. The first-order valence-corrected chi connectivity index (χ1v) is 7.30. The second kappa shape index (κ2) is 6.72. The van der Waals surface area contributed by atoms with E-state index in [1.807, 2.05) is 37.4 Å². The highest BCUT2D eigenvalue weighted by Crippen LogP contribution is 2.29. The van der Waals surface area contributed by atoms with Crippen LogP contribution in [0.3, 0.4) is 0 Å². The van der Waals surface area contributed by atoms with E-state index in [0.717, 1.165) is 17.9 Å². The highest BCUT2D eigenvalue weighted by molar-refractivity contribution is 6.33. The van der Waals surface area contributed by atoms with Gasteiger partial charge in [-0.15, -0.1) is 0 Å². The lowest BCUT2D eigenvalue weighted by Crippen LogP contribution is -2.31. The Hall–Kier alpha value is -1.87.